The van der Waals surface area contributed by atoms with E-state index in [1.807, 2.05) is 0 Å². The van der Waals surface area contributed by atoms with Crippen molar-refractivity contribution in [2.24, 2.45) is 0 Å². The van der Waals surface area contributed by atoms with Crippen molar-refractivity contribution in [2.45, 2.75) is 6.92 Å². The number of carbonyl (C=O) groups is 2. The third kappa shape index (κ3) is 4.53. The van der Waals surface area contributed by atoms with Crippen LogP contribution in [-0.2, 0) is 0 Å². The van der Waals surface area contributed by atoms with Crippen molar-refractivity contribution >= 4 is 41.0 Å². The summed E-state index contributed by atoms with van der Waals surface area (Å²) in [7, 11) is 2.98. The van der Waals surface area contributed by atoms with Crippen molar-refractivity contribution < 1.29 is 28.5 Å². The zero-order chi connectivity index (χ0) is 23.7. The van der Waals surface area contributed by atoms with Crippen LogP contribution in [0.4, 0.5) is 0 Å². The van der Waals surface area contributed by atoms with Gasteiger partial charge in [0.05, 0.1) is 25.3 Å². The monoisotopic (exact) mass is 484 g/mol. The molecule has 0 atom stereocenters. The molecule has 0 aliphatic carbocycles. The summed E-state index contributed by atoms with van der Waals surface area (Å²) in [6.45, 7) is 1.73. The van der Waals surface area contributed by atoms with Crippen LogP contribution in [0.15, 0.2) is 54.3 Å². The van der Waals surface area contributed by atoms with E-state index in [-0.39, 0.29) is 28.6 Å². The molecule has 1 heterocycles. The number of methoxy groups -OCH3 is 2. The van der Waals surface area contributed by atoms with Gasteiger partial charge in [0.2, 0.25) is 5.78 Å². The summed E-state index contributed by atoms with van der Waals surface area (Å²) in [5.41, 5.74) is 1.70. The minimum absolute atomic E-state index is 0.0732. The number of esters is 1. The van der Waals surface area contributed by atoms with Crippen molar-refractivity contribution in [1.29, 1.82) is 0 Å². The number of benzene rings is 3. The Morgan fingerprint density at radius 3 is 2.18 bits per heavy atom. The summed E-state index contributed by atoms with van der Waals surface area (Å²) in [4.78, 5) is 25.7. The molecule has 0 spiro atoms. The molecule has 0 amide bonds. The van der Waals surface area contributed by atoms with Gasteiger partial charge in [0.1, 0.15) is 23.0 Å². The summed E-state index contributed by atoms with van der Waals surface area (Å²) in [6.07, 6.45) is 1.50. The Hall–Kier alpha value is -3.48. The first kappa shape index (κ1) is 22.7. The molecule has 168 valence electrons. The molecule has 0 fully saturated rings. The van der Waals surface area contributed by atoms with Crippen LogP contribution in [-0.4, -0.2) is 26.0 Å². The Kier molecular flexibility index (Phi) is 6.31. The van der Waals surface area contributed by atoms with Gasteiger partial charge in [-0.2, -0.15) is 0 Å². The van der Waals surface area contributed by atoms with Gasteiger partial charge in [0.25, 0.3) is 0 Å². The quantitative estimate of drug-likeness (QED) is 0.245. The molecule has 4 rings (SSSR count). The molecule has 0 saturated heterocycles. The number of rotatable bonds is 5. The second kappa shape index (κ2) is 9.17. The average Bonchev–Trinajstić information content (AvgIpc) is 3.11. The number of hydrogen-bond donors (Lipinski definition) is 0. The number of fused-ring (bicyclic) bond motifs is 1. The van der Waals surface area contributed by atoms with Crippen molar-refractivity contribution in [3.63, 3.8) is 0 Å². The van der Waals surface area contributed by atoms with E-state index in [4.69, 9.17) is 42.1 Å². The molecule has 3 aromatic rings. The van der Waals surface area contributed by atoms with Crippen LogP contribution >= 0.6 is 23.2 Å². The highest BCUT2D eigenvalue weighted by molar-refractivity contribution is 6.37. The number of halogens is 2. The number of ketones is 1. The lowest BCUT2D eigenvalue weighted by atomic mass is 10.0. The van der Waals surface area contributed by atoms with E-state index >= 15 is 0 Å². The average molecular weight is 485 g/mol. The minimum atomic E-state index is -0.616. The van der Waals surface area contributed by atoms with Crippen LogP contribution in [0.5, 0.6) is 23.0 Å². The maximum atomic E-state index is 12.9. The zero-order valence-corrected chi connectivity index (χ0v) is 19.4. The molecule has 0 aromatic heterocycles. The van der Waals surface area contributed by atoms with Gasteiger partial charge in [-0.3, -0.25) is 4.79 Å². The van der Waals surface area contributed by atoms with Gasteiger partial charge >= 0.3 is 5.97 Å². The Labute approximate surface area is 200 Å². The highest BCUT2D eigenvalue weighted by atomic mass is 35.5. The first-order valence-corrected chi connectivity index (χ1v) is 10.5. The van der Waals surface area contributed by atoms with E-state index in [2.05, 4.69) is 0 Å². The molecule has 0 unspecified atom stereocenters. The SMILES string of the molecule is COc1cc(OC)cc(C(=O)Oc2cc(C)c3c(c2)O/C(=C\c2c(Cl)cccc2Cl)C3=O)c1. The standard InChI is InChI=1S/C25H18Cl2O6/c1-13-7-17(32-25(29)14-8-15(30-2)10-16(9-14)31-3)11-21-23(13)24(28)22(33-21)12-18-19(26)5-4-6-20(18)27/h4-12H,1-3H3/b22-12-. The van der Waals surface area contributed by atoms with Gasteiger partial charge in [-0.1, -0.05) is 29.3 Å². The number of allylic oxidation sites excluding steroid dienone is 1. The van der Waals surface area contributed by atoms with Crippen LogP contribution < -0.4 is 18.9 Å². The minimum Gasteiger partial charge on any atom is -0.497 e. The lowest BCUT2D eigenvalue weighted by Crippen LogP contribution is -2.09. The predicted molar refractivity (Wildman–Crippen MR) is 125 cm³/mol. The van der Waals surface area contributed by atoms with Crippen molar-refractivity contribution in [1.82, 2.24) is 0 Å². The molecule has 6 nitrogen and oxygen atoms in total. The third-order valence-electron chi connectivity index (χ3n) is 5.02. The molecule has 8 heteroatoms. The van der Waals surface area contributed by atoms with E-state index in [0.717, 1.165) is 0 Å². The fourth-order valence-electron chi connectivity index (χ4n) is 3.41. The van der Waals surface area contributed by atoms with E-state index in [0.29, 0.717) is 38.2 Å². The van der Waals surface area contributed by atoms with E-state index in [1.165, 1.54) is 26.4 Å². The maximum Gasteiger partial charge on any atom is 0.343 e. The maximum absolute atomic E-state index is 12.9. The van der Waals surface area contributed by atoms with Crippen molar-refractivity contribution in [2.75, 3.05) is 14.2 Å². The molecule has 0 N–H and O–H groups in total. The highest BCUT2D eigenvalue weighted by Gasteiger charge is 2.31. The van der Waals surface area contributed by atoms with Crippen LogP contribution in [0.1, 0.15) is 31.8 Å². The number of Topliss-reactive ketones (excluding diaryl/α,β-unsaturated/α-hetero) is 1. The molecule has 0 radical (unpaired) electrons. The summed E-state index contributed by atoms with van der Waals surface area (Å²) in [5.74, 6) is 0.553. The smallest absolute Gasteiger partial charge is 0.343 e. The topological polar surface area (TPSA) is 71.1 Å². The summed E-state index contributed by atoms with van der Waals surface area (Å²) >= 11 is 12.4. The van der Waals surface area contributed by atoms with Gasteiger partial charge in [-0.25, -0.2) is 4.79 Å². The number of ether oxygens (including phenoxy) is 4. The van der Waals surface area contributed by atoms with Gasteiger partial charge in [0, 0.05) is 27.7 Å². The largest absolute Gasteiger partial charge is 0.497 e. The Morgan fingerprint density at radius 2 is 1.58 bits per heavy atom. The van der Waals surface area contributed by atoms with Crippen LogP contribution in [0.25, 0.3) is 6.08 Å². The van der Waals surface area contributed by atoms with Gasteiger partial charge in [-0.05, 0) is 48.9 Å². The fourth-order valence-corrected chi connectivity index (χ4v) is 3.91. The molecular formula is C25H18Cl2O6. The molecule has 1 aliphatic rings. The molecule has 33 heavy (non-hydrogen) atoms. The predicted octanol–water partition coefficient (Wildman–Crippen LogP) is 6.15. The van der Waals surface area contributed by atoms with E-state index in [1.54, 1.807) is 49.4 Å². The highest BCUT2D eigenvalue weighted by Crippen LogP contribution is 2.39. The van der Waals surface area contributed by atoms with Crippen LogP contribution in [0.3, 0.4) is 0 Å². The van der Waals surface area contributed by atoms with E-state index in [9.17, 15) is 9.59 Å². The summed E-state index contributed by atoms with van der Waals surface area (Å²) < 4.78 is 21.7. The summed E-state index contributed by atoms with van der Waals surface area (Å²) in [5, 5.41) is 0.782. The first-order chi connectivity index (χ1) is 15.8. The van der Waals surface area contributed by atoms with Gasteiger partial charge < -0.3 is 18.9 Å². The van der Waals surface area contributed by atoms with Crippen molar-refractivity contribution in [3.8, 4) is 23.0 Å². The lowest BCUT2D eigenvalue weighted by molar-refractivity contribution is 0.0733. The van der Waals surface area contributed by atoms with Gasteiger partial charge in [-0.15, -0.1) is 0 Å². The number of hydrogen-bond acceptors (Lipinski definition) is 6. The fraction of sp³-hybridized carbons (Fsp3) is 0.120. The zero-order valence-electron chi connectivity index (χ0n) is 17.9. The second-order valence-electron chi connectivity index (χ2n) is 7.18. The third-order valence-corrected chi connectivity index (χ3v) is 5.68. The molecule has 0 bridgehead atoms. The van der Waals surface area contributed by atoms with Crippen LogP contribution in [0.2, 0.25) is 10.0 Å². The molecule has 3 aromatic carbocycles. The first-order valence-electron chi connectivity index (χ1n) is 9.79. The Bertz CT molecular complexity index is 1270. The second-order valence-corrected chi connectivity index (χ2v) is 7.99. The van der Waals surface area contributed by atoms with Crippen LogP contribution in [0, 0.1) is 6.92 Å². The number of carbonyl (C=O) groups excluding carboxylic acids is 2. The van der Waals surface area contributed by atoms with Crippen molar-refractivity contribution in [3.05, 3.63) is 86.6 Å². The molecule has 0 saturated carbocycles. The van der Waals surface area contributed by atoms with E-state index < -0.39 is 5.97 Å². The normalized spacial score (nSPS) is 13.5. The summed E-state index contributed by atoms with van der Waals surface area (Å²) in [6, 6.07) is 12.9. The Balaban J connectivity index is 1.63. The lowest BCUT2D eigenvalue weighted by Gasteiger charge is -2.10. The molecule has 1 aliphatic heterocycles. The molecular weight excluding hydrogens is 467 g/mol. The number of aryl methyl sites for hydroxylation is 1. The van der Waals surface area contributed by atoms with Gasteiger partial charge in [0.15, 0.2) is 5.76 Å². The Morgan fingerprint density at radius 1 is 0.939 bits per heavy atom.